The molecule has 5 nitrogen and oxygen atoms in total. The highest BCUT2D eigenvalue weighted by molar-refractivity contribution is 7.21. The third-order valence-electron chi connectivity index (χ3n) is 7.45. The molecule has 2 aliphatic rings. The van der Waals surface area contributed by atoms with E-state index in [1.807, 2.05) is 19.1 Å². The number of benzene rings is 1. The fourth-order valence-electron chi connectivity index (χ4n) is 5.16. The molecule has 1 aromatic carbocycles. The van der Waals surface area contributed by atoms with E-state index in [0.29, 0.717) is 17.1 Å². The number of amides is 1. The number of thiophene rings is 1. The van der Waals surface area contributed by atoms with Gasteiger partial charge in [-0.2, -0.15) is 0 Å². The molecule has 33 heavy (non-hydrogen) atoms. The molecule has 1 saturated carbocycles. The van der Waals surface area contributed by atoms with Crippen molar-refractivity contribution in [3.63, 3.8) is 0 Å². The Balaban J connectivity index is 1.10. The molecule has 3 aromatic rings. The van der Waals surface area contributed by atoms with Gasteiger partial charge in [-0.25, -0.2) is 4.98 Å². The molecule has 3 heterocycles. The number of hydrogen-bond donors (Lipinski definition) is 2. The van der Waals surface area contributed by atoms with Crippen molar-refractivity contribution in [1.82, 2.24) is 10.3 Å². The van der Waals surface area contributed by atoms with Gasteiger partial charge in [-0.15, -0.1) is 11.3 Å². The van der Waals surface area contributed by atoms with Crippen molar-refractivity contribution in [2.24, 2.45) is 11.8 Å². The van der Waals surface area contributed by atoms with Crippen LogP contribution in [-0.2, 0) is 6.42 Å². The first kappa shape index (κ1) is 22.2. The van der Waals surface area contributed by atoms with E-state index in [4.69, 9.17) is 5.73 Å². The summed E-state index contributed by atoms with van der Waals surface area (Å²) in [7, 11) is 0. The summed E-state index contributed by atoms with van der Waals surface area (Å²) < 4.78 is 0. The molecule has 0 atom stereocenters. The fraction of sp³-hybridized carbons (Fsp3) is 0.481. The van der Waals surface area contributed by atoms with E-state index in [-0.39, 0.29) is 5.91 Å². The maximum absolute atomic E-state index is 12.7. The molecule has 6 heteroatoms. The number of aryl methyl sites for hydroxylation is 1. The van der Waals surface area contributed by atoms with Crippen LogP contribution in [0.15, 0.2) is 36.4 Å². The Morgan fingerprint density at radius 2 is 1.82 bits per heavy atom. The first-order valence-electron chi connectivity index (χ1n) is 12.3. The van der Waals surface area contributed by atoms with E-state index < -0.39 is 0 Å². The minimum Gasteiger partial charge on any atom is -0.397 e. The van der Waals surface area contributed by atoms with E-state index in [2.05, 4.69) is 39.5 Å². The molecule has 0 spiro atoms. The van der Waals surface area contributed by atoms with E-state index in [0.717, 1.165) is 34.2 Å². The van der Waals surface area contributed by atoms with Crippen molar-refractivity contribution in [2.75, 3.05) is 30.3 Å². The first-order chi connectivity index (χ1) is 16.1. The lowest BCUT2D eigenvalue weighted by Crippen LogP contribution is -2.34. The standard InChI is InChI=1S/C27H34N4OS/c1-18-5-10-23-24(28)25(33-27(23)30-18)26(32)29-14-11-19-6-8-22(9-7-19)31-15-12-21(13-16-31)17-20-3-2-4-20/h5-10,20-21H,2-4,11-17,28H2,1H3,(H,29,32). The Morgan fingerprint density at radius 1 is 1.09 bits per heavy atom. The van der Waals surface area contributed by atoms with Gasteiger partial charge < -0.3 is 16.0 Å². The topological polar surface area (TPSA) is 71.2 Å². The normalized spacial score (nSPS) is 17.3. The summed E-state index contributed by atoms with van der Waals surface area (Å²) in [6.45, 7) is 4.89. The zero-order chi connectivity index (χ0) is 22.8. The molecule has 2 fully saturated rings. The lowest BCUT2D eigenvalue weighted by atomic mass is 9.76. The second-order valence-corrected chi connectivity index (χ2v) is 10.8. The molecular weight excluding hydrogens is 428 g/mol. The SMILES string of the molecule is Cc1ccc2c(N)c(C(=O)NCCc3ccc(N4CCC(CC5CCC5)CC4)cc3)sc2n1. The number of pyridine rings is 1. The van der Waals surface area contributed by atoms with Crippen molar-refractivity contribution in [3.8, 4) is 0 Å². The van der Waals surface area contributed by atoms with Crippen molar-refractivity contribution in [1.29, 1.82) is 0 Å². The molecule has 2 aromatic heterocycles. The van der Waals surface area contributed by atoms with Crippen molar-refractivity contribution in [3.05, 3.63) is 52.5 Å². The second-order valence-electron chi connectivity index (χ2n) is 9.79. The zero-order valence-electron chi connectivity index (χ0n) is 19.5. The predicted molar refractivity (Wildman–Crippen MR) is 138 cm³/mol. The van der Waals surface area contributed by atoms with Gasteiger partial charge in [-0.3, -0.25) is 4.79 Å². The highest BCUT2D eigenvalue weighted by Crippen LogP contribution is 2.36. The van der Waals surface area contributed by atoms with Gasteiger partial charge in [0, 0.05) is 36.4 Å². The first-order valence-corrected chi connectivity index (χ1v) is 13.2. The van der Waals surface area contributed by atoms with Gasteiger partial charge >= 0.3 is 0 Å². The number of nitrogens with two attached hydrogens (primary N) is 1. The van der Waals surface area contributed by atoms with Gasteiger partial charge in [-0.1, -0.05) is 31.4 Å². The van der Waals surface area contributed by atoms with Crippen LogP contribution in [0.1, 0.15) is 59.5 Å². The van der Waals surface area contributed by atoms with Crippen LogP contribution in [-0.4, -0.2) is 30.5 Å². The third kappa shape index (κ3) is 5.01. The summed E-state index contributed by atoms with van der Waals surface area (Å²) in [5.74, 6) is 1.84. The molecule has 0 radical (unpaired) electrons. The van der Waals surface area contributed by atoms with Crippen LogP contribution in [0.4, 0.5) is 11.4 Å². The van der Waals surface area contributed by atoms with E-state index >= 15 is 0 Å². The number of carbonyl (C=O) groups is 1. The van der Waals surface area contributed by atoms with Gasteiger partial charge in [0.05, 0.1) is 5.69 Å². The number of fused-ring (bicyclic) bond motifs is 1. The summed E-state index contributed by atoms with van der Waals surface area (Å²) >= 11 is 1.36. The van der Waals surface area contributed by atoms with Crippen LogP contribution in [0, 0.1) is 18.8 Å². The maximum Gasteiger partial charge on any atom is 0.263 e. The molecule has 1 saturated heterocycles. The lowest BCUT2D eigenvalue weighted by molar-refractivity contribution is 0.0959. The fourth-order valence-corrected chi connectivity index (χ4v) is 6.21. The number of aromatic nitrogens is 1. The second kappa shape index (κ2) is 9.72. The summed E-state index contributed by atoms with van der Waals surface area (Å²) in [6.07, 6.45) is 9.32. The van der Waals surface area contributed by atoms with Crippen molar-refractivity contribution >= 4 is 38.8 Å². The Hall–Kier alpha value is -2.60. The highest BCUT2D eigenvalue weighted by Gasteiger charge is 2.25. The van der Waals surface area contributed by atoms with Crippen molar-refractivity contribution < 1.29 is 4.79 Å². The number of piperidine rings is 1. The lowest BCUT2D eigenvalue weighted by Gasteiger charge is -2.37. The van der Waals surface area contributed by atoms with Crippen LogP contribution >= 0.6 is 11.3 Å². The number of hydrogen-bond acceptors (Lipinski definition) is 5. The monoisotopic (exact) mass is 462 g/mol. The van der Waals surface area contributed by atoms with Crippen LogP contribution in [0.25, 0.3) is 10.2 Å². The third-order valence-corrected chi connectivity index (χ3v) is 8.56. The van der Waals surface area contributed by atoms with E-state index in [1.165, 1.54) is 74.2 Å². The number of rotatable bonds is 7. The smallest absolute Gasteiger partial charge is 0.263 e. The Labute approximate surface area is 200 Å². The number of carbonyl (C=O) groups excluding carboxylic acids is 1. The summed E-state index contributed by atoms with van der Waals surface area (Å²) in [4.78, 5) is 21.1. The van der Waals surface area contributed by atoms with Gasteiger partial charge in [0.15, 0.2) is 0 Å². The molecule has 0 unspecified atom stereocenters. The number of nitrogen functional groups attached to an aromatic ring is 1. The maximum atomic E-state index is 12.7. The average molecular weight is 463 g/mol. The Morgan fingerprint density at radius 3 is 2.52 bits per heavy atom. The highest BCUT2D eigenvalue weighted by atomic mass is 32.1. The molecule has 1 amide bonds. The predicted octanol–water partition coefficient (Wildman–Crippen LogP) is 5.57. The van der Waals surface area contributed by atoms with Gasteiger partial charge in [0.25, 0.3) is 5.91 Å². The van der Waals surface area contributed by atoms with E-state index in [1.54, 1.807) is 0 Å². The largest absolute Gasteiger partial charge is 0.397 e. The molecular formula is C27H34N4OS. The van der Waals surface area contributed by atoms with Gasteiger partial charge in [0.2, 0.25) is 0 Å². The van der Waals surface area contributed by atoms with Crippen LogP contribution in [0.3, 0.4) is 0 Å². The summed E-state index contributed by atoms with van der Waals surface area (Å²) in [5, 5.41) is 3.88. The zero-order valence-corrected chi connectivity index (χ0v) is 20.3. The van der Waals surface area contributed by atoms with Crippen molar-refractivity contribution in [2.45, 2.75) is 51.9 Å². The molecule has 0 bridgehead atoms. The summed E-state index contributed by atoms with van der Waals surface area (Å²) in [5.41, 5.74) is 10.2. The Bertz CT molecular complexity index is 1110. The quantitative estimate of drug-likeness (QED) is 0.482. The Kier molecular flexibility index (Phi) is 6.54. The number of anilines is 2. The number of nitrogens with zero attached hydrogens (tertiary/aromatic N) is 2. The van der Waals surface area contributed by atoms with E-state index in [9.17, 15) is 4.79 Å². The molecule has 3 N–H and O–H groups in total. The average Bonchev–Trinajstić information content (AvgIpc) is 3.13. The molecule has 1 aliphatic heterocycles. The molecule has 174 valence electrons. The van der Waals surface area contributed by atoms with Crippen LogP contribution in [0.5, 0.6) is 0 Å². The minimum atomic E-state index is -0.116. The molecule has 1 aliphatic carbocycles. The summed E-state index contributed by atoms with van der Waals surface area (Å²) in [6, 6.07) is 12.7. The van der Waals surface area contributed by atoms with Gasteiger partial charge in [0.1, 0.15) is 9.71 Å². The minimum absolute atomic E-state index is 0.116. The van der Waals surface area contributed by atoms with Crippen LogP contribution in [0.2, 0.25) is 0 Å². The van der Waals surface area contributed by atoms with Gasteiger partial charge in [-0.05, 0) is 74.3 Å². The number of nitrogens with one attached hydrogen (secondary N) is 1. The molecule has 5 rings (SSSR count). The van der Waals surface area contributed by atoms with Crippen LogP contribution < -0.4 is 16.0 Å².